The monoisotopic (exact) mass is 388 g/mol. The van der Waals surface area contributed by atoms with Crippen molar-refractivity contribution in [3.8, 4) is 11.4 Å². The number of hydrogen-bond donors (Lipinski definition) is 1. The van der Waals surface area contributed by atoms with E-state index in [1.807, 2.05) is 38.1 Å². The molecule has 1 fully saturated rings. The number of hydrogen-bond acceptors (Lipinski definition) is 6. The first-order chi connectivity index (χ1) is 13.3. The number of carbonyl (C=O) groups is 2. The Balaban J connectivity index is 1.75. The van der Waals surface area contributed by atoms with E-state index in [0.717, 1.165) is 11.4 Å². The Labute approximate surface area is 162 Å². The number of benzene rings is 1. The Hall–Kier alpha value is -2.94. The standard InChI is InChI=1S/C19H24N4O5/c1-12(2)28-15-6-4-14(5-7-15)23-13(3)18(20-21-23)19(26)22-8-9-27-16(11-22)10-17(24)25/h4-7,12,16H,8-11H2,1-3H3,(H,24,25)/t16-/m1/s1. The highest BCUT2D eigenvalue weighted by molar-refractivity contribution is 5.93. The molecule has 1 atom stereocenters. The molecule has 150 valence electrons. The molecule has 1 N–H and O–H groups in total. The first-order valence-electron chi connectivity index (χ1n) is 9.17. The van der Waals surface area contributed by atoms with Crippen LogP contribution in [0.3, 0.4) is 0 Å². The molecule has 1 aromatic carbocycles. The van der Waals surface area contributed by atoms with Crippen LogP contribution in [0, 0.1) is 6.92 Å². The van der Waals surface area contributed by atoms with Gasteiger partial charge in [-0.3, -0.25) is 9.59 Å². The third-order valence-electron chi connectivity index (χ3n) is 4.38. The minimum absolute atomic E-state index is 0.0849. The van der Waals surface area contributed by atoms with Crippen LogP contribution in [0.1, 0.15) is 36.5 Å². The van der Waals surface area contributed by atoms with Crippen molar-refractivity contribution in [3.63, 3.8) is 0 Å². The van der Waals surface area contributed by atoms with Gasteiger partial charge in [-0.15, -0.1) is 5.10 Å². The van der Waals surface area contributed by atoms with Gasteiger partial charge in [0.25, 0.3) is 5.91 Å². The lowest BCUT2D eigenvalue weighted by Gasteiger charge is -2.31. The van der Waals surface area contributed by atoms with Crippen molar-refractivity contribution in [2.24, 2.45) is 0 Å². The van der Waals surface area contributed by atoms with E-state index < -0.39 is 12.1 Å². The Morgan fingerprint density at radius 1 is 1.32 bits per heavy atom. The predicted molar refractivity (Wildman–Crippen MR) is 99.8 cm³/mol. The maximum atomic E-state index is 12.9. The number of aromatic nitrogens is 3. The summed E-state index contributed by atoms with van der Waals surface area (Å²) in [6, 6.07) is 7.39. The molecule has 0 bridgehead atoms. The number of carboxylic acids is 1. The topological polar surface area (TPSA) is 107 Å². The SMILES string of the molecule is Cc1c(C(=O)N2CCO[C@H](CC(=O)O)C2)nnn1-c1ccc(OC(C)C)cc1. The summed E-state index contributed by atoms with van der Waals surface area (Å²) in [6.45, 7) is 6.61. The number of ether oxygens (including phenoxy) is 2. The predicted octanol–water partition coefficient (Wildman–Crippen LogP) is 1.68. The molecular weight excluding hydrogens is 364 g/mol. The van der Waals surface area contributed by atoms with Crippen molar-refractivity contribution in [1.82, 2.24) is 19.9 Å². The molecule has 2 aromatic rings. The van der Waals surface area contributed by atoms with Gasteiger partial charge in [0.05, 0.1) is 36.6 Å². The number of carboxylic acid groups (broad SMARTS) is 1. The molecule has 3 rings (SSSR count). The molecule has 1 aliphatic heterocycles. The minimum atomic E-state index is -0.952. The first kappa shape index (κ1) is 19.8. The van der Waals surface area contributed by atoms with Crippen LogP contribution in [-0.2, 0) is 9.53 Å². The van der Waals surface area contributed by atoms with Gasteiger partial charge in [0.2, 0.25) is 0 Å². The summed E-state index contributed by atoms with van der Waals surface area (Å²) in [5.41, 5.74) is 1.63. The van der Waals surface area contributed by atoms with E-state index in [-0.39, 0.29) is 30.7 Å². The number of nitrogens with zero attached hydrogens (tertiary/aromatic N) is 4. The lowest BCUT2D eigenvalue weighted by molar-refractivity contribution is -0.141. The fourth-order valence-corrected chi connectivity index (χ4v) is 3.08. The van der Waals surface area contributed by atoms with Crippen molar-refractivity contribution in [3.05, 3.63) is 35.7 Å². The molecule has 9 heteroatoms. The average molecular weight is 388 g/mol. The average Bonchev–Trinajstić information content (AvgIpc) is 3.02. The molecule has 1 aliphatic rings. The molecule has 28 heavy (non-hydrogen) atoms. The van der Waals surface area contributed by atoms with Gasteiger partial charge in [-0.05, 0) is 45.0 Å². The molecule has 9 nitrogen and oxygen atoms in total. The fraction of sp³-hybridized carbons (Fsp3) is 0.474. The summed E-state index contributed by atoms with van der Waals surface area (Å²) in [7, 11) is 0. The van der Waals surface area contributed by atoms with Gasteiger partial charge in [-0.25, -0.2) is 4.68 Å². The van der Waals surface area contributed by atoms with Crippen LogP contribution in [0.2, 0.25) is 0 Å². The van der Waals surface area contributed by atoms with Gasteiger partial charge in [-0.2, -0.15) is 0 Å². The first-order valence-corrected chi connectivity index (χ1v) is 9.17. The zero-order valence-electron chi connectivity index (χ0n) is 16.2. The summed E-state index contributed by atoms with van der Waals surface area (Å²) in [6.07, 6.45) is -0.569. The van der Waals surface area contributed by atoms with Gasteiger partial charge < -0.3 is 19.5 Å². The molecule has 0 aliphatic carbocycles. The zero-order chi connectivity index (χ0) is 20.3. The highest BCUT2D eigenvalue weighted by Crippen LogP contribution is 2.19. The molecule has 0 saturated carbocycles. The molecule has 1 amide bonds. The molecule has 0 radical (unpaired) electrons. The quantitative estimate of drug-likeness (QED) is 0.802. The van der Waals surface area contributed by atoms with Gasteiger partial charge >= 0.3 is 5.97 Å². The highest BCUT2D eigenvalue weighted by Gasteiger charge is 2.29. The summed E-state index contributed by atoms with van der Waals surface area (Å²) in [5, 5.41) is 17.1. The number of aliphatic carboxylic acids is 1. The number of morpholine rings is 1. The summed E-state index contributed by atoms with van der Waals surface area (Å²) < 4.78 is 12.7. The van der Waals surface area contributed by atoms with E-state index in [0.29, 0.717) is 18.8 Å². The van der Waals surface area contributed by atoms with Crippen LogP contribution in [0.4, 0.5) is 0 Å². The van der Waals surface area contributed by atoms with Crippen molar-refractivity contribution in [2.75, 3.05) is 19.7 Å². The molecule has 2 heterocycles. The Bertz CT molecular complexity index is 847. The molecule has 1 saturated heterocycles. The van der Waals surface area contributed by atoms with E-state index in [9.17, 15) is 9.59 Å². The van der Waals surface area contributed by atoms with E-state index in [1.54, 1.807) is 16.5 Å². The van der Waals surface area contributed by atoms with E-state index in [1.165, 1.54) is 0 Å². The summed E-state index contributed by atoms with van der Waals surface area (Å²) >= 11 is 0. The normalized spacial score (nSPS) is 17.0. The van der Waals surface area contributed by atoms with Crippen molar-refractivity contribution >= 4 is 11.9 Å². The van der Waals surface area contributed by atoms with Gasteiger partial charge in [-0.1, -0.05) is 5.21 Å². The largest absolute Gasteiger partial charge is 0.491 e. The van der Waals surface area contributed by atoms with Crippen LogP contribution >= 0.6 is 0 Å². The second-order valence-corrected chi connectivity index (χ2v) is 6.94. The Morgan fingerprint density at radius 2 is 2.04 bits per heavy atom. The number of carbonyl (C=O) groups excluding carboxylic acids is 1. The maximum absolute atomic E-state index is 12.9. The molecule has 0 unspecified atom stereocenters. The van der Waals surface area contributed by atoms with Crippen molar-refractivity contribution in [1.29, 1.82) is 0 Å². The van der Waals surface area contributed by atoms with Crippen LogP contribution in [0.15, 0.2) is 24.3 Å². The van der Waals surface area contributed by atoms with E-state index in [4.69, 9.17) is 14.6 Å². The van der Waals surface area contributed by atoms with Crippen LogP contribution < -0.4 is 4.74 Å². The van der Waals surface area contributed by atoms with Crippen LogP contribution in [0.25, 0.3) is 5.69 Å². The smallest absolute Gasteiger partial charge is 0.306 e. The fourth-order valence-electron chi connectivity index (χ4n) is 3.08. The highest BCUT2D eigenvalue weighted by atomic mass is 16.5. The molecule has 0 spiro atoms. The second kappa shape index (κ2) is 8.39. The maximum Gasteiger partial charge on any atom is 0.306 e. The second-order valence-electron chi connectivity index (χ2n) is 6.94. The van der Waals surface area contributed by atoms with Gasteiger partial charge in [0, 0.05) is 13.1 Å². The van der Waals surface area contributed by atoms with Crippen molar-refractivity contribution in [2.45, 2.75) is 39.4 Å². The van der Waals surface area contributed by atoms with E-state index >= 15 is 0 Å². The van der Waals surface area contributed by atoms with E-state index in [2.05, 4.69) is 10.3 Å². The Morgan fingerprint density at radius 3 is 2.68 bits per heavy atom. The lowest BCUT2D eigenvalue weighted by atomic mass is 10.2. The minimum Gasteiger partial charge on any atom is -0.491 e. The zero-order valence-corrected chi connectivity index (χ0v) is 16.2. The van der Waals surface area contributed by atoms with Gasteiger partial charge in [0.15, 0.2) is 5.69 Å². The lowest BCUT2D eigenvalue weighted by Crippen LogP contribution is -2.46. The van der Waals surface area contributed by atoms with Gasteiger partial charge in [0.1, 0.15) is 5.75 Å². The summed E-state index contributed by atoms with van der Waals surface area (Å²) in [4.78, 5) is 25.3. The molecular formula is C19H24N4O5. The third kappa shape index (κ3) is 4.48. The van der Waals surface area contributed by atoms with Crippen molar-refractivity contribution < 1.29 is 24.2 Å². The van der Waals surface area contributed by atoms with Crippen LogP contribution in [-0.4, -0.2) is 68.8 Å². The Kier molecular flexibility index (Phi) is 5.93. The third-order valence-corrected chi connectivity index (χ3v) is 4.38. The summed E-state index contributed by atoms with van der Waals surface area (Å²) in [5.74, 6) is -0.473. The number of amides is 1. The molecule has 1 aromatic heterocycles. The number of rotatable bonds is 6. The van der Waals surface area contributed by atoms with Crippen LogP contribution in [0.5, 0.6) is 5.75 Å².